The van der Waals surface area contributed by atoms with Crippen molar-refractivity contribution >= 4 is 23.3 Å². The molecule has 0 radical (unpaired) electrons. The molecule has 0 aromatic carbocycles. The van der Waals surface area contributed by atoms with E-state index in [1.54, 1.807) is 6.20 Å². The molecule has 3 heterocycles. The molecule has 7 heteroatoms. The predicted octanol–water partition coefficient (Wildman–Crippen LogP) is 1.88. The van der Waals surface area contributed by atoms with Crippen LogP contribution in [0.4, 0.5) is 5.82 Å². The van der Waals surface area contributed by atoms with Crippen molar-refractivity contribution in [2.45, 2.75) is 32.5 Å². The first-order valence-electron chi connectivity index (χ1n) is 9.04. The van der Waals surface area contributed by atoms with E-state index in [1.807, 2.05) is 17.0 Å². The fourth-order valence-electron chi connectivity index (χ4n) is 3.66. The second-order valence-electron chi connectivity index (χ2n) is 6.94. The smallest absolute Gasteiger partial charge is 0.223 e. The molecule has 25 heavy (non-hydrogen) atoms. The molecule has 2 fully saturated rings. The summed E-state index contributed by atoms with van der Waals surface area (Å²) in [5.74, 6) is 1.05. The maximum absolute atomic E-state index is 12.5. The number of aromatic nitrogens is 1. The summed E-state index contributed by atoms with van der Waals surface area (Å²) in [7, 11) is 0. The van der Waals surface area contributed by atoms with E-state index < -0.39 is 0 Å². The highest BCUT2D eigenvalue weighted by atomic mass is 35.5. The van der Waals surface area contributed by atoms with Crippen molar-refractivity contribution in [2.75, 3.05) is 50.7 Å². The van der Waals surface area contributed by atoms with Gasteiger partial charge in [-0.1, -0.05) is 11.6 Å². The number of hydrogen-bond acceptors (Lipinski definition) is 5. The van der Waals surface area contributed by atoms with E-state index in [0.29, 0.717) is 11.4 Å². The summed E-state index contributed by atoms with van der Waals surface area (Å²) in [4.78, 5) is 23.3. The zero-order valence-electron chi connectivity index (χ0n) is 15.0. The minimum absolute atomic E-state index is 0.235. The largest absolute Gasteiger partial charge is 0.373 e. The molecule has 0 N–H and O–H groups in total. The highest BCUT2D eigenvalue weighted by Crippen LogP contribution is 2.23. The second kappa shape index (κ2) is 8.34. The SMILES string of the molecule is C[C@@H]1CN(CCC(=O)N2CCN(c3ncccc3Cl)CC2)C[C@H](C)O1. The zero-order chi connectivity index (χ0) is 17.8. The fourth-order valence-corrected chi connectivity index (χ4v) is 3.90. The molecule has 138 valence electrons. The third-order valence-electron chi connectivity index (χ3n) is 4.81. The number of halogens is 1. The summed E-state index contributed by atoms with van der Waals surface area (Å²) in [6.07, 6.45) is 2.81. The Morgan fingerprint density at radius 2 is 1.92 bits per heavy atom. The monoisotopic (exact) mass is 366 g/mol. The van der Waals surface area contributed by atoms with Crippen LogP contribution in [0.5, 0.6) is 0 Å². The molecule has 1 amide bonds. The van der Waals surface area contributed by atoms with Crippen LogP contribution in [0.15, 0.2) is 18.3 Å². The molecule has 3 rings (SSSR count). The number of rotatable bonds is 4. The highest BCUT2D eigenvalue weighted by molar-refractivity contribution is 6.32. The molecule has 2 aliphatic rings. The first-order valence-corrected chi connectivity index (χ1v) is 9.42. The van der Waals surface area contributed by atoms with Crippen LogP contribution in [0.2, 0.25) is 5.02 Å². The van der Waals surface area contributed by atoms with Crippen molar-refractivity contribution in [1.29, 1.82) is 0 Å². The molecule has 1 aromatic heterocycles. The maximum atomic E-state index is 12.5. The number of hydrogen-bond donors (Lipinski definition) is 0. The van der Waals surface area contributed by atoms with Gasteiger partial charge in [-0.05, 0) is 26.0 Å². The van der Waals surface area contributed by atoms with E-state index in [-0.39, 0.29) is 18.1 Å². The van der Waals surface area contributed by atoms with Gasteiger partial charge in [-0.25, -0.2) is 4.98 Å². The summed E-state index contributed by atoms with van der Waals surface area (Å²) in [6.45, 7) is 9.79. The van der Waals surface area contributed by atoms with E-state index in [2.05, 4.69) is 28.6 Å². The van der Waals surface area contributed by atoms with E-state index >= 15 is 0 Å². The Labute approximate surface area is 154 Å². The van der Waals surface area contributed by atoms with E-state index in [1.165, 1.54) is 0 Å². The van der Waals surface area contributed by atoms with Gasteiger partial charge in [-0.2, -0.15) is 0 Å². The van der Waals surface area contributed by atoms with Crippen LogP contribution in [-0.4, -0.2) is 78.7 Å². The lowest BCUT2D eigenvalue weighted by atomic mass is 10.2. The van der Waals surface area contributed by atoms with E-state index in [4.69, 9.17) is 16.3 Å². The minimum Gasteiger partial charge on any atom is -0.373 e. The maximum Gasteiger partial charge on any atom is 0.223 e. The normalized spacial score (nSPS) is 25.2. The van der Waals surface area contributed by atoms with Crippen LogP contribution in [0.3, 0.4) is 0 Å². The fraction of sp³-hybridized carbons (Fsp3) is 0.667. The van der Waals surface area contributed by atoms with Crippen LogP contribution in [0.25, 0.3) is 0 Å². The van der Waals surface area contributed by atoms with Gasteiger partial charge in [0, 0.05) is 58.4 Å². The minimum atomic E-state index is 0.235. The molecule has 0 spiro atoms. The lowest BCUT2D eigenvalue weighted by molar-refractivity contribution is -0.132. The van der Waals surface area contributed by atoms with Crippen molar-refractivity contribution in [1.82, 2.24) is 14.8 Å². The van der Waals surface area contributed by atoms with Crippen LogP contribution < -0.4 is 4.90 Å². The Morgan fingerprint density at radius 1 is 1.24 bits per heavy atom. The number of pyridine rings is 1. The zero-order valence-corrected chi connectivity index (χ0v) is 15.8. The van der Waals surface area contributed by atoms with Gasteiger partial charge in [0.1, 0.15) is 5.82 Å². The Hall–Kier alpha value is -1.37. The van der Waals surface area contributed by atoms with E-state index in [9.17, 15) is 4.79 Å². The third kappa shape index (κ3) is 4.84. The number of anilines is 1. The molecule has 2 aliphatic heterocycles. The quantitative estimate of drug-likeness (QED) is 0.814. The summed E-state index contributed by atoms with van der Waals surface area (Å²) in [5, 5.41) is 0.665. The van der Waals surface area contributed by atoms with Crippen LogP contribution in [0.1, 0.15) is 20.3 Å². The van der Waals surface area contributed by atoms with Crippen molar-refractivity contribution in [3.63, 3.8) is 0 Å². The van der Waals surface area contributed by atoms with Gasteiger partial charge in [-0.15, -0.1) is 0 Å². The molecule has 0 unspecified atom stereocenters. The van der Waals surface area contributed by atoms with Gasteiger partial charge >= 0.3 is 0 Å². The third-order valence-corrected chi connectivity index (χ3v) is 5.10. The number of carbonyl (C=O) groups excluding carboxylic acids is 1. The lowest BCUT2D eigenvalue weighted by Gasteiger charge is -2.37. The van der Waals surface area contributed by atoms with Crippen LogP contribution in [-0.2, 0) is 9.53 Å². The summed E-state index contributed by atoms with van der Waals surface area (Å²) in [6, 6.07) is 3.69. The van der Waals surface area contributed by atoms with Gasteiger partial charge in [0.15, 0.2) is 0 Å². The number of morpholine rings is 1. The van der Waals surface area contributed by atoms with Crippen molar-refractivity contribution in [2.24, 2.45) is 0 Å². The van der Waals surface area contributed by atoms with Crippen molar-refractivity contribution < 1.29 is 9.53 Å². The van der Waals surface area contributed by atoms with Gasteiger partial charge < -0.3 is 14.5 Å². The molecule has 2 atom stereocenters. The molecular weight excluding hydrogens is 340 g/mol. The molecule has 0 aliphatic carbocycles. The summed E-state index contributed by atoms with van der Waals surface area (Å²) in [5.41, 5.74) is 0. The molecule has 6 nitrogen and oxygen atoms in total. The number of piperazine rings is 1. The average molecular weight is 367 g/mol. The standard InChI is InChI=1S/C18H27ClN4O2/c1-14-12-21(13-15(2)25-14)7-5-17(24)22-8-10-23(11-9-22)18-16(19)4-3-6-20-18/h3-4,6,14-15H,5,7-13H2,1-2H3/t14-,15+. The summed E-state index contributed by atoms with van der Waals surface area (Å²) < 4.78 is 5.74. The lowest BCUT2D eigenvalue weighted by Crippen LogP contribution is -2.50. The highest BCUT2D eigenvalue weighted by Gasteiger charge is 2.25. The van der Waals surface area contributed by atoms with Gasteiger partial charge in [0.25, 0.3) is 0 Å². The molecule has 0 bridgehead atoms. The van der Waals surface area contributed by atoms with Crippen LogP contribution >= 0.6 is 11.6 Å². The topological polar surface area (TPSA) is 48.9 Å². The number of ether oxygens (including phenoxy) is 1. The number of amides is 1. The van der Waals surface area contributed by atoms with Gasteiger partial charge in [0.05, 0.1) is 17.2 Å². The number of nitrogens with zero attached hydrogens (tertiary/aromatic N) is 4. The van der Waals surface area contributed by atoms with Crippen LogP contribution in [0, 0.1) is 0 Å². The second-order valence-corrected chi connectivity index (χ2v) is 7.35. The van der Waals surface area contributed by atoms with Crippen molar-refractivity contribution in [3.8, 4) is 0 Å². The van der Waals surface area contributed by atoms with Gasteiger partial charge in [-0.3, -0.25) is 9.69 Å². The Kier molecular flexibility index (Phi) is 6.15. The number of carbonyl (C=O) groups is 1. The predicted molar refractivity (Wildman–Crippen MR) is 99.1 cm³/mol. The Bertz CT molecular complexity index is 582. The average Bonchev–Trinajstić information content (AvgIpc) is 2.59. The molecule has 1 aromatic rings. The molecule has 2 saturated heterocycles. The summed E-state index contributed by atoms with van der Waals surface area (Å²) >= 11 is 6.22. The molecular formula is C18H27ClN4O2. The first-order chi connectivity index (χ1) is 12.0. The first kappa shape index (κ1) is 18.4. The van der Waals surface area contributed by atoms with E-state index in [0.717, 1.165) is 51.6 Å². The molecule has 0 saturated carbocycles. The Morgan fingerprint density at radius 3 is 2.56 bits per heavy atom. The van der Waals surface area contributed by atoms with Gasteiger partial charge in [0.2, 0.25) is 5.91 Å². The Balaban J connectivity index is 1.45. The van der Waals surface area contributed by atoms with Crippen molar-refractivity contribution in [3.05, 3.63) is 23.4 Å².